The van der Waals surface area contributed by atoms with E-state index in [0.717, 1.165) is 0 Å². The van der Waals surface area contributed by atoms with Gasteiger partial charge in [0.25, 0.3) is 0 Å². The van der Waals surface area contributed by atoms with Gasteiger partial charge in [0, 0.05) is 18.7 Å². The summed E-state index contributed by atoms with van der Waals surface area (Å²) in [6, 6.07) is 5.99. The molecule has 0 aliphatic heterocycles. The Bertz CT molecular complexity index is 413. The largest absolute Gasteiger partial charge is 0.573 e. The van der Waals surface area contributed by atoms with E-state index in [0.29, 0.717) is 12.1 Å². The second kappa shape index (κ2) is 5.79. The van der Waals surface area contributed by atoms with E-state index in [2.05, 4.69) is 4.74 Å². The summed E-state index contributed by atoms with van der Waals surface area (Å²) in [5.74, 6) is -0.211. The topological polar surface area (TPSA) is 32.7 Å². The Balaban J connectivity index is 2.78. The summed E-state index contributed by atoms with van der Waals surface area (Å²) in [4.78, 5) is 1.73. The van der Waals surface area contributed by atoms with Crippen molar-refractivity contribution in [3.05, 3.63) is 29.8 Å². The van der Waals surface area contributed by atoms with Crippen LogP contribution in [0.5, 0.6) is 5.75 Å². The van der Waals surface area contributed by atoms with Gasteiger partial charge in [-0.2, -0.15) is 0 Å². The second-order valence-corrected chi connectivity index (χ2v) is 5.14. The smallest absolute Gasteiger partial charge is 0.405 e. The molecule has 1 aromatic carbocycles. The molecule has 0 unspecified atom stereocenters. The number of halogens is 3. The highest BCUT2D eigenvalue weighted by Gasteiger charge is 2.32. The number of rotatable bonds is 5. The van der Waals surface area contributed by atoms with Gasteiger partial charge in [-0.1, -0.05) is 18.2 Å². The van der Waals surface area contributed by atoms with Crippen molar-refractivity contribution < 1.29 is 23.0 Å². The van der Waals surface area contributed by atoms with Gasteiger partial charge in [0.05, 0.1) is 5.60 Å². The van der Waals surface area contributed by atoms with Gasteiger partial charge in [-0.15, -0.1) is 13.2 Å². The quantitative estimate of drug-likeness (QED) is 0.898. The minimum atomic E-state index is -4.70. The summed E-state index contributed by atoms with van der Waals surface area (Å²) >= 11 is 0. The maximum Gasteiger partial charge on any atom is 0.573 e. The van der Waals surface area contributed by atoms with Crippen molar-refractivity contribution in [1.82, 2.24) is 4.90 Å². The third-order valence-corrected chi connectivity index (χ3v) is 2.30. The van der Waals surface area contributed by atoms with Gasteiger partial charge in [0.2, 0.25) is 0 Å². The van der Waals surface area contributed by atoms with Crippen molar-refractivity contribution >= 4 is 0 Å². The number of likely N-dealkylation sites (N-methyl/N-ethyl adjacent to an activating group) is 1. The van der Waals surface area contributed by atoms with Crippen LogP contribution in [0.25, 0.3) is 0 Å². The van der Waals surface area contributed by atoms with Crippen LogP contribution in [0, 0.1) is 0 Å². The molecule has 0 radical (unpaired) electrons. The molecule has 0 aliphatic rings. The zero-order chi connectivity index (χ0) is 14.7. The molecule has 0 aromatic heterocycles. The molecule has 0 spiro atoms. The van der Waals surface area contributed by atoms with Gasteiger partial charge >= 0.3 is 6.36 Å². The Labute approximate surface area is 110 Å². The maximum atomic E-state index is 12.3. The van der Waals surface area contributed by atoms with Crippen LogP contribution in [0.15, 0.2) is 24.3 Å². The van der Waals surface area contributed by atoms with E-state index < -0.39 is 12.0 Å². The number of benzene rings is 1. The molecule has 0 saturated heterocycles. The Morgan fingerprint density at radius 2 is 1.79 bits per heavy atom. The lowest BCUT2D eigenvalue weighted by atomic mass is 10.1. The van der Waals surface area contributed by atoms with Crippen LogP contribution in [0.3, 0.4) is 0 Å². The highest BCUT2D eigenvalue weighted by atomic mass is 19.4. The van der Waals surface area contributed by atoms with Crippen molar-refractivity contribution in [2.75, 3.05) is 13.6 Å². The monoisotopic (exact) mass is 277 g/mol. The lowest BCUT2D eigenvalue weighted by molar-refractivity contribution is -0.275. The number of hydrogen-bond acceptors (Lipinski definition) is 3. The molecule has 0 heterocycles. The minimum absolute atomic E-state index is 0.211. The van der Waals surface area contributed by atoms with Crippen LogP contribution < -0.4 is 4.74 Å². The predicted molar refractivity (Wildman–Crippen MR) is 65.8 cm³/mol. The third-order valence-electron chi connectivity index (χ3n) is 2.30. The Morgan fingerprint density at radius 3 is 2.32 bits per heavy atom. The van der Waals surface area contributed by atoms with E-state index in [-0.39, 0.29) is 12.3 Å². The number of hydrogen-bond donors (Lipinski definition) is 1. The van der Waals surface area contributed by atoms with Gasteiger partial charge < -0.3 is 9.84 Å². The fourth-order valence-electron chi connectivity index (χ4n) is 1.87. The number of alkyl halides is 3. The van der Waals surface area contributed by atoms with Crippen LogP contribution in [0.4, 0.5) is 13.2 Å². The molecular formula is C13H18F3NO2. The number of aliphatic hydroxyl groups is 1. The molecule has 1 aromatic rings. The molecule has 0 saturated carbocycles. The van der Waals surface area contributed by atoms with Gasteiger partial charge in [0.15, 0.2) is 0 Å². The average molecular weight is 277 g/mol. The summed E-state index contributed by atoms with van der Waals surface area (Å²) in [5.41, 5.74) is -0.485. The average Bonchev–Trinajstić information content (AvgIpc) is 2.15. The molecule has 1 N–H and O–H groups in total. The maximum absolute atomic E-state index is 12.3. The van der Waals surface area contributed by atoms with Gasteiger partial charge in [-0.25, -0.2) is 0 Å². The van der Waals surface area contributed by atoms with Crippen molar-refractivity contribution in [2.24, 2.45) is 0 Å². The van der Waals surface area contributed by atoms with E-state index in [1.807, 2.05) is 0 Å². The Morgan fingerprint density at radius 1 is 1.21 bits per heavy atom. The van der Waals surface area contributed by atoms with Gasteiger partial charge in [-0.05, 0) is 27.0 Å². The summed E-state index contributed by atoms with van der Waals surface area (Å²) in [5, 5.41) is 9.67. The van der Waals surface area contributed by atoms with Gasteiger partial charge in [0.1, 0.15) is 5.75 Å². The van der Waals surface area contributed by atoms with E-state index in [4.69, 9.17) is 0 Å². The second-order valence-electron chi connectivity index (χ2n) is 5.14. The SMILES string of the molecule is CN(Cc1ccccc1OC(F)(F)F)CC(C)(C)O. The molecule has 19 heavy (non-hydrogen) atoms. The standard InChI is InChI=1S/C13H18F3NO2/c1-12(2,18)9-17(3)8-10-6-4-5-7-11(10)19-13(14,15)16/h4-7,18H,8-9H2,1-3H3. The molecule has 3 nitrogen and oxygen atoms in total. The number of ether oxygens (including phenoxy) is 1. The van der Waals surface area contributed by atoms with E-state index in [1.165, 1.54) is 12.1 Å². The Hall–Kier alpha value is -1.27. The van der Waals surface area contributed by atoms with Gasteiger partial charge in [-0.3, -0.25) is 4.90 Å². The predicted octanol–water partition coefficient (Wildman–Crippen LogP) is 2.79. The molecule has 6 heteroatoms. The fraction of sp³-hybridized carbons (Fsp3) is 0.538. The first-order valence-corrected chi connectivity index (χ1v) is 5.81. The molecule has 0 bridgehead atoms. The first-order valence-electron chi connectivity index (χ1n) is 5.81. The van der Waals surface area contributed by atoms with Crippen LogP contribution in [0.1, 0.15) is 19.4 Å². The zero-order valence-corrected chi connectivity index (χ0v) is 11.2. The molecule has 108 valence electrons. The van der Waals surface area contributed by atoms with Crippen LogP contribution in [-0.2, 0) is 6.54 Å². The summed E-state index contributed by atoms with van der Waals surface area (Å²) in [6.07, 6.45) is -4.70. The summed E-state index contributed by atoms with van der Waals surface area (Å²) < 4.78 is 40.7. The molecular weight excluding hydrogens is 259 g/mol. The molecule has 1 rings (SSSR count). The van der Waals surface area contributed by atoms with Crippen molar-refractivity contribution in [2.45, 2.75) is 32.4 Å². The molecule has 0 amide bonds. The van der Waals surface area contributed by atoms with Crippen molar-refractivity contribution in [3.63, 3.8) is 0 Å². The summed E-state index contributed by atoms with van der Waals surface area (Å²) in [7, 11) is 1.72. The number of para-hydroxylation sites is 1. The van der Waals surface area contributed by atoms with E-state index in [9.17, 15) is 18.3 Å². The Kier molecular flexibility index (Phi) is 4.81. The highest BCUT2D eigenvalue weighted by molar-refractivity contribution is 5.33. The number of nitrogens with zero attached hydrogens (tertiary/aromatic N) is 1. The molecule has 0 aliphatic carbocycles. The fourth-order valence-corrected chi connectivity index (χ4v) is 1.87. The first kappa shape index (κ1) is 15.8. The van der Waals surface area contributed by atoms with Crippen LogP contribution in [-0.4, -0.2) is 35.6 Å². The molecule has 0 fully saturated rings. The lowest BCUT2D eigenvalue weighted by Gasteiger charge is -2.26. The van der Waals surface area contributed by atoms with Crippen LogP contribution >= 0.6 is 0 Å². The van der Waals surface area contributed by atoms with Crippen molar-refractivity contribution in [1.29, 1.82) is 0 Å². The summed E-state index contributed by atoms with van der Waals surface area (Å²) in [6.45, 7) is 3.88. The van der Waals surface area contributed by atoms with E-state index >= 15 is 0 Å². The normalized spacial score (nSPS) is 12.8. The zero-order valence-electron chi connectivity index (χ0n) is 11.2. The highest BCUT2D eigenvalue weighted by Crippen LogP contribution is 2.27. The first-order chi connectivity index (χ1) is 8.57. The lowest BCUT2D eigenvalue weighted by Crippen LogP contribution is -2.36. The minimum Gasteiger partial charge on any atom is -0.405 e. The van der Waals surface area contributed by atoms with Crippen LogP contribution in [0.2, 0.25) is 0 Å². The third kappa shape index (κ3) is 6.45. The van der Waals surface area contributed by atoms with E-state index in [1.54, 1.807) is 37.9 Å². The molecule has 0 atom stereocenters. The van der Waals surface area contributed by atoms with Crippen molar-refractivity contribution in [3.8, 4) is 5.75 Å².